The Labute approximate surface area is 153 Å². The zero-order chi connectivity index (χ0) is 19.7. The number of fused-ring (bicyclic) bond motifs is 1. The second-order valence-corrected chi connectivity index (χ2v) is 6.38. The number of rotatable bonds is 6. The summed E-state index contributed by atoms with van der Waals surface area (Å²) in [7, 11) is 1.76. The lowest BCUT2D eigenvalue weighted by Crippen LogP contribution is -2.19. The van der Waals surface area contributed by atoms with Crippen molar-refractivity contribution in [2.45, 2.75) is 39.7 Å². The number of halogens is 2. The second-order valence-electron chi connectivity index (χ2n) is 6.38. The summed E-state index contributed by atoms with van der Waals surface area (Å²) < 4.78 is 27.3. The summed E-state index contributed by atoms with van der Waals surface area (Å²) in [6.07, 6.45) is 0.460. The van der Waals surface area contributed by atoms with Gasteiger partial charge in [0.25, 0.3) is 12.0 Å². The molecule has 3 aromatic heterocycles. The molecule has 0 aliphatic carbocycles. The quantitative estimate of drug-likeness (QED) is 0.685. The van der Waals surface area contributed by atoms with Gasteiger partial charge in [-0.25, -0.2) is 8.78 Å². The number of anilines is 1. The molecular formula is C17H20F2N6O2. The minimum atomic E-state index is -2.52. The number of nitrogens with one attached hydrogen (secondary N) is 2. The van der Waals surface area contributed by atoms with Crippen LogP contribution in [-0.2, 0) is 24.8 Å². The fourth-order valence-corrected chi connectivity index (χ4v) is 3.19. The molecule has 10 heteroatoms. The van der Waals surface area contributed by atoms with Gasteiger partial charge in [-0.15, -0.1) is 0 Å². The number of carbonyl (C=O) groups excluding carboxylic acids is 1. The standard InChI is InChI=1S/C17H20F2N6O2/c1-9-12(17(27)22-16-15(9)10(2)23-24(16)3)4-5-14(26)21-11-6-20-25(7-11)8-13(18)19/h6-7,13H,4-5,8H2,1-3H3,(H,21,26)(H,22,27). The third-order valence-electron chi connectivity index (χ3n) is 4.40. The lowest BCUT2D eigenvalue weighted by Gasteiger charge is -2.07. The molecule has 144 valence electrons. The summed E-state index contributed by atoms with van der Waals surface area (Å²) >= 11 is 0. The van der Waals surface area contributed by atoms with Crippen molar-refractivity contribution in [2.24, 2.45) is 7.05 Å². The van der Waals surface area contributed by atoms with Crippen molar-refractivity contribution in [3.63, 3.8) is 0 Å². The largest absolute Gasteiger partial charge is 0.323 e. The zero-order valence-electron chi connectivity index (χ0n) is 15.2. The van der Waals surface area contributed by atoms with Gasteiger partial charge in [0.15, 0.2) is 0 Å². The highest BCUT2D eigenvalue weighted by Gasteiger charge is 2.16. The fraction of sp³-hybridized carbons (Fsp3) is 0.412. The lowest BCUT2D eigenvalue weighted by molar-refractivity contribution is -0.116. The lowest BCUT2D eigenvalue weighted by atomic mass is 10.0. The Balaban J connectivity index is 1.71. The van der Waals surface area contributed by atoms with Gasteiger partial charge in [-0.2, -0.15) is 10.2 Å². The van der Waals surface area contributed by atoms with Gasteiger partial charge in [-0.3, -0.25) is 19.0 Å². The van der Waals surface area contributed by atoms with E-state index in [0.717, 1.165) is 21.3 Å². The van der Waals surface area contributed by atoms with Gasteiger partial charge < -0.3 is 10.3 Å². The van der Waals surface area contributed by atoms with Gasteiger partial charge in [0.2, 0.25) is 5.91 Å². The van der Waals surface area contributed by atoms with Crippen LogP contribution in [0.25, 0.3) is 11.0 Å². The molecule has 0 bridgehead atoms. The number of hydrogen-bond acceptors (Lipinski definition) is 4. The Morgan fingerprint density at radius 1 is 1.37 bits per heavy atom. The molecule has 3 rings (SSSR count). The van der Waals surface area contributed by atoms with Crippen LogP contribution in [0.4, 0.5) is 14.5 Å². The van der Waals surface area contributed by atoms with E-state index >= 15 is 0 Å². The first-order valence-electron chi connectivity index (χ1n) is 8.41. The average molecular weight is 378 g/mol. The Hall–Kier alpha value is -3.04. The van der Waals surface area contributed by atoms with Crippen molar-refractivity contribution in [1.29, 1.82) is 0 Å². The van der Waals surface area contributed by atoms with Crippen LogP contribution in [0.1, 0.15) is 23.2 Å². The Kier molecular flexibility index (Phi) is 5.06. The van der Waals surface area contributed by atoms with Crippen molar-refractivity contribution in [3.05, 3.63) is 39.6 Å². The first kappa shape index (κ1) is 18.7. The highest BCUT2D eigenvalue weighted by molar-refractivity contribution is 5.90. The maximum Gasteiger partial charge on any atom is 0.257 e. The van der Waals surface area contributed by atoms with Crippen LogP contribution >= 0.6 is 0 Å². The molecule has 3 heterocycles. The minimum Gasteiger partial charge on any atom is -0.323 e. The number of hydrogen-bond donors (Lipinski definition) is 2. The molecule has 1 amide bonds. The van der Waals surface area contributed by atoms with Crippen molar-refractivity contribution in [2.75, 3.05) is 5.32 Å². The van der Waals surface area contributed by atoms with Crippen LogP contribution in [0.15, 0.2) is 17.2 Å². The molecule has 0 saturated heterocycles. The third kappa shape index (κ3) is 3.88. The second kappa shape index (κ2) is 7.29. The highest BCUT2D eigenvalue weighted by atomic mass is 19.3. The molecule has 27 heavy (non-hydrogen) atoms. The summed E-state index contributed by atoms with van der Waals surface area (Å²) in [4.78, 5) is 27.3. The molecule has 0 aliphatic heterocycles. The molecule has 0 aliphatic rings. The molecule has 0 saturated carbocycles. The fourth-order valence-electron chi connectivity index (χ4n) is 3.19. The van der Waals surface area contributed by atoms with Crippen molar-refractivity contribution in [3.8, 4) is 0 Å². The van der Waals surface area contributed by atoms with Crippen molar-refractivity contribution < 1.29 is 13.6 Å². The van der Waals surface area contributed by atoms with E-state index in [-0.39, 0.29) is 24.3 Å². The van der Waals surface area contributed by atoms with Gasteiger partial charge in [0.05, 0.1) is 17.6 Å². The number of pyridine rings is 1. The number of carbonyl (C=O) groups is 1. The summed E-state index contributed by atoms with van der Waals surface area (Å²) in [6.45, 7) is 3.17. The highest BCUT2D eigenvalue weighted by Crippen LogP contribution is 2.21. The molecular weight excluding hydrogens is 358 g/mol. The maximum absolute atomic E-state index is 12.4. The van der Waals surface area contributed by atoms with Gasteiger partial charge >= 0.3 is 0 Å². The summed E-state index contributed by atoms with van der Waals surface area (Å²) in [5, 5.41) is 11.5. The monoisotopic (exact) mass is 378 g/mol. The number of nitrogens with zero attached hydrogens (tertiary/aromatic N) is 4. The molecule has 8 nitrogen and oxygen atoms in total. The number of aromatic nitrogens is 5. The molecule has 3 aromatic rings. The van der Waals surface area contributed by atoms with E-state index in [0.29, 0.717) is 16.9 Å². The molecule has 0 aromatic carbocycles. The van der Waals surface area contributed by atoms with Gasteiger partial charge in [0.1, 0.15) is 12.2 Å². The van der Waals surface area contributed by atoms with Gasteiger partial charge in [0, 0.05) is 30.6 Å². The predicted octanol–water partition coefficient (Wildman–Crippen LogP) is 1.91. The first-order valence-corrected chi connectivity index (χ1v) is 8.41. The average Bonchev–Trinajstić information content (AvgIpc) is 3.10. The van der Waals surface area contributed by atoms with E-state index in [1.807, 2.05) is 13.8 Å². The van der Waals surface area contributed by atoms with Crippen LogP contribution in [0.2, 0.25) is 0 Å². The Morgan fingerprint density at radius 3 is 2.81 bits per heavy atom. The van der Waals surface area contributed by atoms with Crippen LogP contribution in [0.5, 0.6) is 0 Å². The van der Waals surface area contributed by atoms with Gasteiger partial charge in [-0.05, 0) is 25.8 Å². The van der Waals surface area contributed by atoms with E-state index in [1.165, 1.54) is 12.4 Å². The zero-order valence-corrected chi connectivity index (χ0v) is 15.2. The van der Waals surface area contributed by atoms with Crippen LogP contribution in [0.3, 0.4) is 0 Å². The van der Waals surface area contributed by atoms with Crippen LogP contribution in [0, 0.1) is 13.8 Å². The topological polar surface area (TPSA) is 97.6 Å². The molecule has 0 atom stereocenters. The van der Waals surface area contributed by atoms with E-state index in [4.69, 9.17) is 0 Å². The number of H-pyrrole nitrogens is 1. The molecule has 0 radical (unpaired) electrons. The summed E-state index contributed by atoms with van der Waals surface area (Å²) in [5.41, 5.74) is 2.87. The number of aryl methyl sites for hydroxylation is 3. The van der Waals surface area contributed by atoms with Gasteiger partial charge in [-0.1, -0.05) is 0 Å². The van der Waals surface area contributed by atoms with Crippen molar-refractivity contribution in [1.82, 2.24) is 24.5 Å². The van der Waals surface area contributed by atoms with E-state index < -0.39 is 13.0 Å². The number of alkyl halides is 2. The van der Waals surface area contributed by atoms with Crippen LogP contribution in [-0.4, -0.2) is 36.9 Å². The Morgan fingerprint density at radius 2 is 2.11 bits per heavy atom. The number of aromatic amines is 1. The molecule has 0 unspecified atom stereocenters. The third-order valence-corrected chi connectivity index (χ3v) is 4.40. The molecule has 2 N–H and O–H groups in total. The molecule has 0 fully saturated rings. The van der Waals surface area contributed by atoms with Crippen molar-refractivity contribution >= 4 is 22.6 Å². The predicted molar refractivity (Wildman–Crippen MR) is 96.0 cm³/mol. The Bertz CT molecular complexity index is 1050. The summed E-state index contributed by atoms with van der Waals surface area (Å²) in [6, 6.07) is 0. The maximum atomic E-state index is 12.4. The summed E-state index contributed by atoms with van der Waals surface area (Å²) in [5.74, 6) is -0.326. The SMILES string of the molecule is Cc1nn(C)c2[nH]c(=O)c(CCC(=O)Nc3cnn(CC(F)F)c3)c(C)c12. The smallest absolute Gasteiger partial charge is 0.257 e. The first-order chi connectivity index (χ1) is 12.8. The van der Waals surface area contributed by atoms with Crippen LogP contribution < -0.4 is 10.9 Å². The normalized spacial score (nSPS) is 11.5. The van der Waals surface area contributed by atoms with E-state index in [9.17, 15) is 18.4 Å². The molecule has 0 spiro atoms. The number of amides is 1. The van der Waals surface area contributed by atoms with E-state index in [2.05, 4.69) is 20.5 Å². The van der Waals surface area contributed by atoms with E-state index in [1.54, 1.807) is 11.7 Å². The minimum absolute atomic E-state index is 0.0781.